The van der Waals surface area contributed by atoms with Crippen molar-refractivity contribution in [1.82, 2.24) is 20.2 Å². The molecule has 9 nitrogen and oxygen atoms in total. The second-order valence-corrected chi connectivity index (χ2v) is 12.7. The lowest BCUT2D eigenvalue weighted by Gasteiger charge is -2.31. The van der Waals surface area contributed by atoms with Gasteiger partial charge < -0.3 is 30.3 Å². The highest BCUT2D eigenvalue weighted by Crippen LogP contribution is 2.48. The molecule has 0 spiro atoms. The number of methoxy groups -OCH3 is 1. The highest BCUT2D eigenvalue weighted by atomic mass is 32.1. The zero-order valence-electron chi connectivity index (χ0n) is 25.3. The SMILES string of the molecule is COC[C@H]1NCC[C@H]1N(C)c1nc(OC[C@@H]2CCCN2C)nc2c(F)c(-c3ccc(F)c4sc(N)c(C#N)c34)c(C(F)(F)F)cc12. The van der Waals surface area contributed by atoms with Gasteiger partial charge >= 0.3 is 12.2 Å². The van der Waals surface area contributed by atoms with Crippen molar-refractivity contribution < 1.29 is 31.4 Å². The van der Waals surface area contributed by atoms with Crippen molar-refractivity contribution in [3.8, 4) is 23.2 Å². The summed E-state index contributed by atoms with van der Waals surface area (Å²) in [4.78, 5) is 12.7. The Morgan fingerprint density at radius 1 is 1.22 bits per heavy atom. The minimum Gasteiger partial charge on any atom is -0.462 e. The maximum absolute atomic E-state index is 16.9. The van der Waals surface area contributed by atoms with E-state index in [1.807, 2.05) is 13.1 Å². The normalized spacial score (nSPS) is 20.5. The highest BCUT2D eigenvalue weighted by molar-refractivity contribution is 7.23. The number of halogens is 5. The topological polar surface area (TPSA) is 113 Å². The van der Waals surface area contributed by atoms with Crippen molar-refractivity contribution in [2.24, 2.45) is 0 Å². The van der Waals surface area contributed by atoms with E-state index in [2.05, 4.69) is 20.2 Å². The number of hydrogen-bond donors (Lipinski definition) is 2. The lowest BCUT2D eigenvalue weighted by atomic mass is 9.92. The Bertz CT molecular complexity index is 1840. The van der Waals surface area contributed by atoms with E-state index in [9.17, 15) is 22.8 Å². The molecule has 2 aromatic heterocycles. The summed E-state index contributed by atoms with van der Waals surface area (Å²) in [6.45, 7) is 2.07. The molecular formula is C31H32F5N7O2S. The molecule has 3 atom stereocenters. The minimum absolute atomic E-state index is 0.0623. The van der Waals surface area contributed by atoms with Crippen molar-refractivity contribution in [3.63, 3.8) is 0 Å². The van der Waals surface area contributed by atoms with Crippen molar-refractivity contribution in [2.75, 3.05) is 58.1 Å². The van der Waals surface area contributed by atoms with Crippen LogP contribution in [0.5, 0.6) is 6.01 Å². The van der Waals surface area contributed by atoms with Gasteiger partial charge in [0.2, 0.25) is 0 Å². The average molecular weight is 662 g/mol. The lowest BCUT2D eigenvalue weighted by molar-refractivity contribution is -0.137. The molecule has 6 rings (SSSR count). The van der Waals surface area contributed by atoms with Gasteiger partial charge in [-0.05, 0) is 57.1 Å². The van der Waals surface area contributed by atoms with Gasteiger partial charge in [-0.3, -0.25) is 0 Å². The number of ether oxygens (including phenoxy) is 2. The second-order valence-electron chi connectivity index (χ2n) is 11.7. The Hall–Kier alpha value is -3.84. The number of rotatable bonds is 8. The van der Waals surface area contributed by atoms with E-state index in [0.717, 1.165) is 37.6 Å². The fourth-order valence-corrected chi connectivity index (χ4v) is 7.55. The fraction of sp³-hybridized carbons (Fsp3) is 0.452. The standard InChI is InChI=1S/C31H32F5N7O2S/c1-42-10-4-5-15(42)13-45-30-40-26-17(29(41-30)43(2)22-8-9-39-21(22)14-44-3)11-19(31(34,35)36)24(25(26)33)16-6-7-20(32)27-23(16)18(12-37)28(38)46-27/h6-7,11,15,21-22,39H,4-5,8-10,13-14,38H2,1-3H3/t15-,21+,22+/m0/s1. The zero-order valence-corrected chi connectivity index (χ0v) is 26.2. The van der Waals surface area contributed by atoms with Gasteiger partial charge in [-0.15, -0.1) is 11.3 Å². The van der Waals surface area contributed by atoms with E-state index in [1.54, 1.807) is 19.1 Å². The van der Waals surface area contributed by atoms with Gasteiger partial charge in [0.15, 0.2) is 5.82 Å². The molecule has 244 valence electrons. The number of anilines is 2. The van der Waals surface area contributed by atoms with Gasteiger partial charge in [0.1, 0.15) is 34.8 Å². The van der Waals surface area contributed by atoms with Gasteiger partial charge in [-0.2, -0.15) is 28.4 Å². The number of thiophene rings is 1. The van der Waals surface area contributed by atoms with Gasteiger partial charge in [0, 0.05) is 42.6 Å². The molecule has 0 amide bonds. The Balaban J connectivity index is 1.61. The molecule has 0 radical (unpaired) electrons. The van der Waals surface area contributed by atoms with Gasteiger partial charge in [0.05, 0.1) is 28.5 Å². The van der Waals surface area contributed by atoms with Crippen molar-refractivity contribution >= 4 is 43.1 Å². The maximum Gasteiger partial charge on any atom is 0.417 e. The van der Waals surface area contributed by atoms with E-state index in [-0.39, 0.29) is 68.2 Å². The number of nitrogen functional groups attached to an aromatic ring is 1. The third kappa shape index (κ3) is 5.57. The summed E-state index contributed by atoms with van der Waals surface area (Å²) in [6, 6.07) is 4.11. The Morgan fingerprint density at radius 2 is 2.00 bits per heavy atom. The molecule has 2 aliphatic rings. The molecule has 2 fully saturated rings. The predicted molar refractivity (Wildman–Crippen MR) is 166 cm³/mol. The summed E-state index contributed by atoms with van der Waals surface area (Å²) in [5.74, 6) is -2.03. The van der Waals surface area contributed by atoms with Crippen LogP contribution < -0.4 is 20.7 Å². The summed E-state index contributed by atoms with van der Waals surface area (Å²) in [7, 11) is 5.21. The molecule has 0 aliphatic carbocycles. The van der Waals surface area contributed by atoms with Crippen LogP contribution in [0, 0.1) is 23.0 Å². The molecule has 2 aromatic carbocycles. The number of likely N-dealkylation sites (tertiary alicyclic amines) is 1. The molecule has 4 heterocycles. The largest absolute Gasteiger partial charge is 0.462 e. The molecule has 46 heavy (non-hydrogen) atoms. The molecule has 15 heteroatoms. The van der Waals surface area contributed by atoms with Gasteiger partial charge in [0.25, 0.3) is 0 Å². The molecular weight excluding hydrogens is 629 g/mol. The van der Waals surface area contributed by atoms with Crippen LogP contribution in [0.25, 0.3) is 32.1 Å². The Labute approximate surface area is 265 Å². The third-order valence-corrected chi connectivity index (χ3v) is 9.99. The predicted octanol–water partition coefficient (Wildman–Crippen LogP) is 5.55. The van der Waals surface area contributed by atoms with Crippen molar-refractivity contribution in [1.29, 1.82) is 5.26 Å². The maximum atomic E-state index is 16.9. The zero-order chi connectivity index (χ0) is 32.9. The van der Waals surface area contributed by atoms with Crippen LogP contribution in [0.15, 0.2) is 18.2 Å². The minimum atomic E-state index is -5.05. The Morgan fingerprint density at radius 3 is 2.67 bits per heavy atom. The second kappa shape index (κ2) is 12.4. The van der Waals surface area contributed by atoms with Crippen LogP contribution in [-0.4, -0.2) is 80.5 Å². The number of hydrogen-bond acceptors (Lipinski definition) is 10. The number of nitrogens with two attached hydrogens (primary N) is 1. The van der Waals surface area contributed by atoms with Crippen molar-refractivity contribution in [3.05, 3.63) is 41.0 Å². The van der Waals surface area contributed by atoms with E-state index in [0.29, 0.717) is 30.9 Å². The number of fused-ring (bicyclic) bond motifs is 2. The number of likely N-dealkylation sites (N-methyl/N-ethyl adjacent to an activating group) is 2. The van der Waals surface area contributed by atoms with E-state index in [1.165, 1.54) is 0 Å². The number of aromatic nitrogens is 2. The van der Waals surface area contributed by atoms with Crippen LogP contribution in [0.3, 0.4) is 0 Å². The first-order valence-corrected chi connectivity index (χ1v) is 15.6. The molecule has 0 unspecified atom stereocenters. The highest BCUT2D eigenvalue weighted by Gasteiger charge is 2.39. The number of nitrogens with one attached hydrogen (secondary N) is 1. The van der Waals surface area contributed by atoms with E-state index >= 15 is 4.39 Å². The first-order valence-electron chi connectivity index (χ1n) is 14.7. The lowest BCUT2D eigenvalue weighted by Crippen LogP contribution is -2.44. The van der Waals surface area contributed by atoms with Crippen molar-refractivity contribution in [2.45, 2.75) is 43.6 Å². The summed E-state index contributed by atoms with van der Waals surface area (Å²) in [5, 5.41) is 12.7. The smallest absolute Gasteiger partial charge is 0.417 e. The molecule has 4 aromatic rings. The molecule has 2 saturated heterocycles. The van der Waals surface area contributed by atoms with Gasteiger partial charge in [-0.1, -0.05) is 6.07 Å². The number of nitriles is 1. The van der Waals surface area contributed by atoms with Crippen LogP contribution in [0.4, 0.5) is 32.8 Å². The van der Waals surface area contributed by atoms with Crippen LogP contribution in [0.1, 0.15) is 30.4 Å². The fourth-order valence-electron chi connectivity index (χ4n) is 6.60. The molecule has 3 N–H and O–H groups in total. The first kappa shape index (κ1) is 32.1. The molecule has 2 aliphatic heterocycles. The monoisotopic (exact) mass is 661 g/mol. The Kier molecular flexibility index (Phi) is 8.66. The molecule has 0 saturated carbocycles. The quantitative estimate of drug-likeness (QED) is 0.235. The summed E-state index contributed by atoms with van der Waals surface area (Å²) < 4.78 is 87.6. The van der Waals surface area contributed by atoms with E-state index in [4.69, 9.17) is 15.2 Å². The van der Waals surface area contributed by atoms with Crippen LogP contribution >= 0.6 is 11.3 Å². The number of alkyl halides is 3. The summed E-state index contributed by atoms with van der Waals surface area (Å²) in [6.07, 6.45) is -2.56. The first-order chi connectivity index (χ1) is 21.9. The van der Waals surface area contributed by atoms with E-state index < -0.39 is 34.5 Å². The summed E-state index contributed by atoms with van der Waals surface area (Å²) >= 11 is 0.712. The summed E-state index contributed by atoms with van der Waals surface area (Å²) in [5.41, 5.74) is 2.80. The number of nitrogens with zero attached hydrogens (tertiary/aromatic N) is 5. The van der Waals surface area contributed by atoms with Crippen LogP contribution in [-0.2, 0) is 10.9 Å². The van der Waals surface area contributed by atoms with Crippen LogP contribution in [0.2, 0.25) is 0 Å². The average Bonchev–Trinajstić information content (AvgIpc) is 3.74. The van der Waals surface area contributed by atoms with Gasteiger partial charge in [-0.25, -0.2) is 8.78 Å². The number of benzene rings is 2. The molecule has 0 bridgehead atoms. The third-order valence-electron chi connectivity index (χ3n) is 8.96.